The summed E-state index contributed by atoms with van der Waals surface area (Å²) in [6, 6.07) is -0.938. The molecule has 0 aromatic carbocycles. The molecule has 1 heterocycles. The van der Waals surface area contributed by atoms with E-state index in [1.54, 1.807) is 0 Å². The van der Waals surface area contributed by atoms with Crippen LogP contribution in [-0.4, -0.2) is 31.3 Å². The maximum atomic E-state index is 10.6. The van der Waals surface area contributed by atoms with Gasteiger partial charge in [-0.1, -0.05) is 16.4 Å². The van der Waals surface area contributed by atoms with Crippen molar-refractivity contribution in [3.63, 3.8) is 0 Å². The van der Waals surface area contributed by atoms with Crippen molar-refractivity contribution in [1.82, 2.24) is 20.2 Å². The standard InChI is InChI=1S/C5H6N4O2S/c1-2-3(4(10)11)9-5(12)6-7-8-9/h2-3H,1H2,(H,10,11)(H,6,8,12). The van der Waals surface area contributed by atoms with Gasteiger partial charge < -0.3 is 5.11 Å². The summed E-state index contributed by atoms with van der Waals surface area (Å²) in [6.45, 7) is 3.36. The number of tetrazole rings is 1. The Labute approximate surface area is 72.5 Å². The third-order valence-electron chi connectivity index (χ3n) is 1.25. The number of carboxylic acid groups (broad SMARTS) is 1. The van der Waals surface area contributed by atoms with Crippen LogP contribution in [0.1, 0.15) is 6.04 Å². The maximum absolute atomic E-state index is 10.6. The summed E-state index contributed by atoms with van der Waals surface area (Å²) in [5.41, 5.74) is 0. The summed E-state index contributed by atoms with van der Waals surface area (Å²) in [6.07, 6.45) is 1.23. The van der Waals surface area contributed by atoms with Crippen LogP contribution in [0.15, 0.2) is 12.7 Å². The van der Waals surface area contributed by atoms with E-state index in [0.717, 1.165) is 4.68 Å². The Morgan fingerprint density at radius 3 is 2.92 bits per heavy atom. The monoisotopic (exact) mass is 186 g/mol. The van der Waals surface area contributed by atoms with Crippen molar-refractivity contribution >= 4 is 18.2 Å². The third-order valence-corrected chi connectivity index (χ3v) is 1.53. The smallest absolute Gasteiger partial charge is 0.332 e. The summed E-state index contributed by atoms with van der Waals surface area (Å²) in [5.74, 6) is -1.06. The van der Waals surface area contributed by atoms with Gasteiger partial charge in [0.2, 0.25) is 4.77 Å². The molecule has 2 N–H and O–H groups in total. The van der Waals surface area contributed by atoms with Crippen molar-refractivity contribution in [2.45, 2.75) is 6.04 Å². The average molecular weight is 186 g/mol. The van der Waals surface area contributed by atoms with E-state index < -0.39 is 12.0 Å². The van der Waals surface area contributed by atoms with Crippen LogP contribution in [0.4, 0.5) is 0 Å². The first-order valence-electron chi connectivity index (χ1n) is 3.01. The molecule has 1 aromatic heterocycles. The molecule has 64 valence electrons. The van der Waals surface area contributed by atoms with Gasteiger partial charge in [0, 0.05) is 0 Å². The molecule has 0 fully saturated rings. The molecule has 0 radical (unpaired) electrons. The van der Waals surface area contributed by atoms with Crippen molar-refractivity contribution in [3.8, 4) is 0 Å². The lowest BCUT2D eigenvalue weighted by Gasteiger charge is -2.05. The molecule has 0 saturated heterocycles. The Morgan fingerprint density at radius 2 is 2.58 bits per heavy atom. The van der Waals surface area contributed by atoms with Gasteiger partial charge in [-0.25, -0.2) is 9.48 Å². The summed E-state index contributed by atoms with van der Waals surface area (Å²) in [4.78, 5) is 10.6. The number of carboxylic acids is 1. The summed E-state index contributed by atoms with van der Waals surface area (Å²) >= 11 is 4.69. The van der Waals surface area contributed by atoms with Crippen LogP contribution in [0.25, 0.3) is 0 Å². The van der Waals surface area contributed by atoms with Gasteiger partial charge in [-0.2, -0.15) is 5.21 Å². The Morgan fingerprint density at radius 1 is 1.92 bits per heavy atom. The normalized spacial score (nSPS) is 12.3. The van der Waals surface area contributed by atoms with Gasteiger partial charge in [0.05, 0.1) is 0 Å². The minimum atomic E-state index is -1.06. The minimum Gasteiger partial charge on any atom is -0.479 e. The number of nitrogens with zero attached hydrogens (tertiary/aromatic N) is 3. The number of hydrogen-bond acceptors (Lipinski definition) is 4. The van der Waals surface area contributed by atoms with Crippen molar-refractivity contribution in [2.75, 3.05) is 0 Å². The number of nitrogens with one attached hydrogen (secondary N) is 1. The molecule has 0 aliphatic rings. The lowest BCUT2D eigenvalue weighted by atomic mass is 10.3. The first-order chi connectivity index (χ1) is 5.66. The van der Waals surface area contributed by atoms with Gasteiger partial charge >= 0.3 is 5.97 Å². The highest BCUT2D eigenvalue weighted by atomic mass is 32.1. The second-order valence-electron chi connectivity index (χ2n) is 1.97. The number of rotatable bonds is 3. The zero-order valence-electron chi connectivity index (χ0n) is 5.97. The van der Waals surface area contributed by atoms with E-state index in [0.29, 0.717) is 0 Å². The third kappa shape index (κ3) is 1.40. The molecular formula is C5H6N4O2S. The molecule has 1 rings (SSSR count). The van der Waals surface area contributed by atoms with Crippen LogP contribution < -0.4 is 0 Å². The molecule has 0 spiro atoms. The van der Waals surface area contributed by atoms with E-state index in [1.807, 2.05) is 0 Å². The number of aromatic amines is 1. The fourth-order valence-corrected chi connectivity index (χ4v) is 0.897. The van der Waals surface area contributed by atoms with Gasteiger partial charge in [-0.15, -0.1) is 6.58 Å². The number of aliphatic carboxylic acids is 1. The second kappa shape index (κ2) is 3.26. The average Bonchev–Trinajstić information content (AvgIpc) is 2.38. The van der Waals surface area contributed by atoms with Gasteiger partial charge in [0.15, 0.2) is 6.04 Å². The number of aromatic nitrogens is 4. The highest BCUT2D eigenvalue weighted by Crippen LogP contribution is 2.04. The Kier molecular flexibility index (Phi) is 2.34. The lowest BCUT2D eigenvalue weighted by Crippen LogP contribution is -2.18. The Bertz CT molecular complexity index is 354. The predicted octanol–water partition coefficient (Wildman–Crippen LogP) is 0.147. The predicted molar refractivity (Wildman–Crippen MR) is 42.1 cm³/mol. The van der Waals surface area contributed by atoms with Gasteiger partial charge in [-0.3, -0.25) is 0 Å². The summed E-state index contributed by atoms with van der Waals surface area (Å²) < 4.78 is 1.22. The van der Waals surface area contributed by atoms with Crippen molar-refractivity contribution in [3.05, 3.63) is 17.4 Å². The van der Waals surface area contributed by atoms with E-state index >= 15 is 0 Å². The van der Waals surface area contributed by atoms with Crippen LogP contribution in [0.2, 0.25) is 0 Å². The van der Waals surface area contributed by atoms with Crippen LogP contribution in [0.5, 0.6) is 0 Å². The largest absolute Gasteiger partial charge is 0.479 e. The molecule has 0 amide bonds. The molecule has 7 heteroatoms. The molecule has 0 aliphatic heterocycles. The summed E-state index contributed by atoms with van der Waals surface area (Å²) in [5, 5.41) is 17.8. The second-order valence-corrected chi connectivity index (χ2v) is 2.34. The highest BCUT2D eigenvalue weighted by molar-refractivity contribution is 7.71. The molecular weight excluding hydrogens is 180 g/mol. The van der Waals surface area contributed by atoms with E-state index in [1.165, 1.54) is 6.08 Å². The van der Waals surface area contributed by atoms with Gasteiger partial charge in [-0.05, 0) is 12.2 Å². The molecule has 1 atom stereocenters. The molecule has 0 aliphatic carbocycles. The SMILES string of the molecule is C=CC(C(=O)O)n1[nH]nnc1=S. The van der Waals surface area contributed by atoms with Crippen molar-refractivity contribution < 1.29 is 9.90 Å². The molecule has 1 unspecified atom stereocenters. The van der Waals surface area contributed by atoms with E-state index in [4.69, 9.17) is 17.3 Å². The quantitative estimate of drug-likeness (QED) is 0.518. The zero-order valence-corrected chi connectivity index (χ0v) is 6.78. The minimum absolute atomic E-state index is 0.0855. The fourth-order valence-electron chi connectivity index (χ4n) is 0.702. The molecule has 0 bridgehead atoms. The lowest BCUT2D eigenvalue weighted by molar-refractivity contribution is -0.139. The molecule has 6 nitrogen and oxygen atoms in total. The summed E-state index contributed by atoms with van der Waals surface area (Å²) in [7, 11) is 0. The maximum Gasteiger partial charge on any atom is 0.332 e. The van der Waals surface area contributed by atoms with Crippen molar-refractivity contribution in [1.29, 1.82) is 0 Å². The number of hydrogen-bond donors (Lipinski definition) is 2. The topological polar surface area (TPSA) is 83.8 Å². The van der Waals surface area contributed by atoms with Crippen LogP contribution in [-0.2, 0) is 4.79 Å². The zero-order chi connectivity index (χ0) is 9.14. The number of carbonyl (C=O) groups is 1. The molecule has 0 saturated carbocycles. The van der Waals surface area contributed by atoms with Gasteiger partial charge in [0.1, 0.15) is 0 Å². The Hall–Kier alpha value is -1.50. The van der Waals surface area contributed by atoms with E-state index in [2.05, 4.69) is 22.1 Å². The van der Waals surface area contributed by atoms with Crippen molar-refractivity contribution in [2.24, 2.45) is 0 Å². The first kappa shape index (κ1) is 8.60. The molecule has 1 aromatic rings. The van der Waals surface area contributed by atoms with Crippen LogP contribution in [0, 0.1) is 4.77 Å². The van der Waals surface area contributed by atoms with Crippen LogP contribution in [0.3, 0.4) is 0 Å². The van der Waals surface area contributed by atoms with Gasteiger partial charge in [0.25, 0.3) is 0 Å². The van der Waals surface area contributed by atoms with Crippen LogP contribution >= 0.6 is 12.2 Å². The van der Waals surface area contributed by atoms with E-state index in [-0.39, 0.29) is 4.77 Å². The highest BCUT2D eigenvalue weighted by Gasteiger charge is 2.16. The van der Waals surface area contributed by atoms with E-state index in [9.17, 15) is 4.79 Å². The number of H-pyrrole nitrogens is 1. The molecule has 12 heavy (non-hydrogen) atoms. The fraction of sp³-hybridized carbons (Fsp3) is 0.200. The first-order valence-corrected chi connectivity index (χ1v) is 3.42. The Balaban J connectivity index is 3.11.